The Morgan fingerprint density at radius 1 is 1.21 bits per heavy atom. The van der Waals surface area contributed by atoms with E-state index in [9.17, 15) is 4.79 Å². The Hall–Kier alpha value is -1.06. The summed E-state index contributed by atoms with van der Waals surface area (Å²) >= 11 is 6.03. The zero-order valence-corrected chi connectivity index (χ0v) is 15.4. The van der Waals surface area contributed by atoms with Crippen LogP contribution in [-0.2, 0) is 10.2 Å². The van der Waals surface area contributed by atoms with E-state index in [-0.39, 0.29) is 11.3 Å². The number of nitrogens with one attached hydrogen (secondary N) is 1. The van der Waals surface area contributed by atoms with Crippen molar-refractivity contribution < 1.29 is 4.79 Å². The summed E-state index contributed by atoms with van der Waals surface area (Å²) in [5.74, 6) is 0.233. The van der Waals surface area contributed by atoms with Gasteiger partial charge < -0.3 is 10.2 Å². The lowest BCUT2D eigenvalue weighted by molar-refractivity contribution is -0.127. The van der Waals surface area contributed by atoms with Crippen LogP contribution in [0.5, 0.6) is 0 Å². The summed E-state index contributed by atoms with van der Waals surface area (Å²) in [6.45, 7) is 5.61. The molecule has 1 saturated heterocycles. The highest BCUT2D eigenvalue weighted by atomic mass is 35.5. The largest absolute Gasteiger partial charge is 0.353 e. The summed E-state index contributed by atoms with van der Waals surface area (Å²) in [5, 5.41) is 4.11. The van der Waals surface area contributed by atoms with Crippen molar-refractivity contribution in [1.82, 2.24) is 10.2 Å². The van der Waals surface area contributed by atoms with E-state index in [1.54, 1.807) is 0 Å². The monoisotopic (exact) mass is 348 g/mol. The van der Waals surface area contributed by atoms with E-state index in [0.29, 0.717) is 6.04 Å². The third-order valence-electron chi connectivity index (χ3n) is 5.75. The lowest BCUT2D eigenvalue weighted by Crippen LogP contribution is -2.50. The van der Waals surface area contributed by atoms with Gasteiger partial charge in [-0.25, -0.2) is 0 Å². The molecule has 3 nitrogen and oxygen atoms in total. The van der Waals surface area contributed by atoms with Crippen molar-refractivity contribution in [2.24, 2.45) is 0 Å². The second-order valence-corrected chi connectivity index (χ2v) is 7.82. The molecule has 24 heavy (non-hydrogen) atoms. The van der Waals surface area contributed by atoms with Crippen LogP contribution in [0.1, 0.15) is 57.4 Å². The van der Waals surface area contributed by atoms with Crippen LogP contribution in [0.3, 0.4) is 0 Å². The highest BCUT2D eigenvalue weighted by molar-refractivity contribution is 6.30. The van der Waals surface area contributed by atoms with Crippen LogP contribution in [0.15, 0.2) is 24.3 Å². The molecule has 2 fully saturated rings. The predicted molar refractivity (Wildman–Crippen MR) is 99.5 cm³/mol. The van der Waals surface area contributed by atoms with Gasteiger partial charge >= 0.3 is 0 Å². The predicted octanol–water partition coefficient (Wildman–Crippen LogP) is 4.14. The van der Waals surface area contributed by atoms with E-state index in [1.165, 1.54) is 13.0 Å². The number of benzene rings is 1. The van der Waals surface area contributed by atoms with Crippen molar-refractivity contribution in [3.8, 4) is 0 Å². The second-order valence-electron chi connectivity index (χ2n) is 7.39. The second kappa shape index (κ2) is 7.88. The fraction of sp³-hybridized carbons (Fsp3) is 0.650. The van der Waals surface area contributed by atoms with E-state index in [2.05, 4.69) is 17.1 Å². The first-order chi connectivity index (χ1) is 11.6. The average Bonchev–Trinajstić information content (AvgIpc) is 3.08. The molecule has 0 spiro atoms. The topological polar surface area (TPSA) is 32.3 Å². The van der Waals surface area contributed by atoms with E-state index in [1.807, 2.05) is 24.3 Å². The summed E-state index contributed by atoms with van der Waals surface area (Å²) in [6.07, 6.45) is 7.52. The zero-order valence-electron chi connectivity index (χ0n) is 14.7. The van der Waals surface area contributed by atoms with Crippen LogP contribution in [-0.4, -0.2) is 36.5 Å². The summed E-state index contributed by atoms with van der Waals surface area (Å²) in [7, 11) is 0. The maximum Gasteiger partial charge on any atom is 0.230 e. The summed E-state index contributed by atoms with van der Waals surface area (Å²) in [6, 6.07) is 8.23. The smallest absolute Gasteiger partial charge is 0.230 e. The molecule has 1 N–H and O–H groups in total. The van der Waals surface area contributed by atoms with Gasteiger partial charge in [-0.3, -0.25) is 4.79 Å². The third-order valence-corrected chi connectivity index (χ3v) is 6.00. The fourth-order valence-corrected chi connectivity index (χ4v) is 4.46. The molecule has 0 bridgehead atoms. The Morgan fingerprint density at radius 2 is 1.83 bits per heavy atom. The van der Waals surface area contributed by atoms with Crippen molar-refractivity contribution in [2.45, 2.75) is 63.3 Å². The molecule has 1 aliphatic heterocycles. The molecule has 1 aromatic carbocycles. The molecular weight excluding hydrogens is 320 g/mol. The van der Waals surface area contributed by atoms with Crippen LogP contribution >= 0.6 is 11.6 Å². The fourth-order valence-electron chi connectivity index (χ4n) is 4.33. The summed E-state index contributed by atoms with van der Waals surface area (Å²) < 4.78 is 0. The van der Waals surface area contributed by atoms with E-state index in [4.69, 9.17) is 11.6 Å². The Balaban J connectivity index is 1.66. The quantitative estimate of drug-likeness (QED) is 0.867. The number of rotatable bonds is 5. The maximum absolute atomic E-state index is 13.2. The van der Waals surface area contributed by atoms with Gasteiger partial charge in [-0.05, 0) is 56.3 Å². The van der Waals surface area contributed by atoms with Gasteiger partial charge in [0.05, 0.1) is 5.41 Å². The number of amides is 1. The molecular formula is C20H29ClN2O. The number of halogens is 1. The first-order valence-corrected chi connectivity index (χ1v) is 9.81. The molecule has 1 aliphatic carbocycles. The number of carbonyl (C=O) groups excluding carboxylic acids is 1. The highest BCUT2D eigenvalue weighted by Crippen LogP contribution is 2.42. The summed E-state index contributed by atoms with van der Waals surface area (Å²) in [4.78, 5) is 15.7. The van der Waals surface area contributed by atoms with Crippen LogP contribution in [0.25, 0.3) is 0 Å². The van der Waals surface area contributed by atoms with Gasteiger partial charge in [0.2, 0.25) is 5.91 Å². The molecule has 1 aromatic rings. The van der Waals surface area contributed by atoms with Crippen molar-refractivity contribution in [1.29, 1.82) is 0 Å². The number of piperidine rings is 1. The molecule has 0 aromatic heterocycles. The van der Waals surface area contributed by atoms with E-state index in [0.717, 1.165) is 62.2 Å². The SMILES string of the molecule is CCCN1CCC(NC(=O)C2(c3ccc(Cl)cc3)CCCC2)CC1. The first-order valence-electron chi connectivity index (χ1n) is 9.43. The minimum absolute atomic E-state index is 0.233. The molecule has 1 amide bonds. The molecule has 3 rings (SSSR count). The molecule has 0 atom stereocenters. The van der Waals surface area contributed by atoms with Crippen LogP contribution < -0.4 is 5.32 Å². The molecule has 1 saturated carbocycles. The Morgan fingerprint density at radius 3 is 2.42 bits per heavy atom. The van der Waals surface area contributed by atoms with Gasteiger partial charge in [0.15, 0.2) is 0 Å². The Bertz CT molecular complexity index is 543. The van der Waals surface area contributed by atoms with Crippen LogP contribution in [0, 0.1) is 0 Å². The number of hydrogen-bond donors (Lipinski definition) is 1. The molecule has 4 heteroatoms. The van der Waals surface area contributed by atoms with Gasteiger partial charge in [-0.2, -0.15) is 0 Å². The van der Waals surface area contributed by atoms with Crippen molar-refractivity contribution in [2.75, 3.05) is 19.6 Å². The lowest BCUT2D eigenvalue weighted by Gasteiger charge is -2.35. The van der Waals surface area contributed by atoms with Gasteiger partial charge in [0.25, 0.3) is 0 Å². The minimum atomic E-state index is -0.342. The standard InChI is InChI=1S/C20H29ClN2O/c1-2-13-23-14-9-18(10-15-23)22-19(24)20(11-3-4-12-20)16-5-7-17(21)8-6-16/h5-8,18H,2-4,9-15H2,1H3,(H,22,24). The van der Waals surface area contributed by atoms with Crippen LogP contribution in [0.4, 0.5) is 0 Å². The minimum Gasteiger partial charge on any atom is -0.353 e. The van der Waals surface area contributed by atoms with Crippen molar-refractivity contribution in [3.63, 3.8) is 0 Å². The van der Waals surface area contributed by atoms with Gasteiger partial charge in [-0.1, -0.05) is 43.5 Å². The lowest BCUT2D eigenvalue weighted by atomic mass is 9.77. The Labute approximate surface area is 150 Å². The maximum atomic E-state index is 13.2. The Kier molecular flexibility index (Phi) is 5.83. The van der Waals surface area contributed by atoms with Gasteiger partial charge in [0, 0.05) is 24.2 Å². The number of nitrogens with zero attached hydrogens (tertiary/aromatic N) is 1. The molecule has 2 aliphatic rings. The number of carbonyl (C=O) groups is 1. The van der Waals surface area contributed by atoms with E-state index >= 15 is 0 Å². The number of likely N-dealkylation sites (tertiary alicyclic amines) is 1. The van der Waals surface area contributed by atoms with Crippen LogP contribution in [0.2, 0.25) is 5.02 Å². The molecule has 0 unspecified atom stereocenters. The molecule has 132 valence electrons. The van der Waals surface area contributed by atoms with Gasteiger partial charge in [-0.15, -0.1) is 0 Å². The number of hydrogen-bond acceptors (Lipinski definition) is 2. The third kappa shape index (κ3) is 3.78. The first kappa shape index (κ1) is 17.8. The van der Waals surface area contributed by atoms with Crippen molar-refractivity contribution in [3.05, 3.63) is 34.9 Å². The average molecular weight is 349 g/mol. The molecule has 1 heterocycles. The molecule has 0 radical (unpaired) electrons. The zero-order chi connectivity index (χ0) is 17.0. The summed E-state index contributed by atoms with van der Waals surface area (Å²) in [5.41, 5.74) is 0.788. The van der Waals surface area contributed by atoms with Gasteiger partial charge in [0.1, 0.15) is 0 Å². The van der Waals surface area contributed by atoms with Crippen molar-refractivity contribution >= 4 is 17.5 Å². The highest BCUT2D eigenvalue weighted by Gasteiger charge is 2.43. The normalized spacial score (nSPS) is 21.8. The van der Waals surface area contributed by atoms with E-state index < -0.39 is 0 Å².